The Hall–Kier alpha value is -2.27. The Bertz CT molecular complexity index is 639. The maximum absolute atomic E-state index is 11.7. The normalized spacial score (nSPS) is 11.2. The molecule has 0 fully saturated rings. The molecule has 0 saturated heterocycles. The largest absolute Gasteiger partial charge is 0.508 e. The van der Waals surface area contributed by atoms with E-state index in [1.165, 1.54) is 5.56 Å². The fourth-order valence-corrected chi connectivity index (χ4v) is 2.56. The van der Waals surface area contributed by atoms with Gasteiger partial charge in [-0.1, -0.05) is 30.3 Å². The highest BCUT2D eigenvalue weighted by atomic mass is 32.2. The minimum atomic E-state index is -0.126. The SMILES string of the molecule is C/C(=N\NC(=O)CSCc1ccccc1)c1ccc(O)cc1. The first-order valence-corrected chi connectivity index (χ1v) is 8.05. The first kappa shape index (κ1) is 16.1. The lowest BCUT2D eigenvalue weighted by atomic mass is 10.1. The monoisotopic (exact) mass is 314 g/mol. The molecule has 0 atom stereocenters. The highest BCUT2D eigenvalue weighted by molar-refractivity contribution is 7.99. The summed E-state index contributed by atoms with van der Waals surface area (Å²) in [5.41, 5.74) is 5.30. The number of phenolic OH excluding ortho intramolecular Hbond substituents is 1. The molecule has 0 spiro atoms. The van der Waals surface area contributed by atoms with Crippen molar-refractivity contribution in [2.75, 3.05) is 5.75 Å². The molecule has 2 aromatic carbocycles. The van der Waals surface area contributed by atoms with Gasteiger partial charge in [0.05, 0.1) is 11.5 Å². The molecule has 0 unspecified atom stereocenters. The zero-order valence-corrected chi connectivity index (χ0v) is 13.1. The molecule has 4 nitrogen and oxygen atoms in total. The first-order chi connectivity index (χ1) is 10.6. The highest BCUT2D eigenvalue weighted by Gasteiger charge is 2.02. The Morgan fingerprint density at radius 1 is 1.14 bits per heavy atom. The van der Waals surface area contributed by atoms with Crippen LogP contribution in [-0.4, -0.2) is 22.5 Å². The number of hydrogen-bond acceptors (Lipinski definition) is 4. The standard InChI is InChI=1S/C17H18N2O2S/c1-13(15-7-9-16(20)10-8-15)18-19-17(21)12-22-11-14-5-3-2-4-6-14/h2-10,20H,11-12H2,1H3,(H,19,21)/b18-13+. The Labute approximate surface area is 134 Å². The molecule has 0 aliphatic rings. The third-order valence-electron chi connectivity index (χ3n) is 2.98. The topological polar surface area (TPSA) is 61.7 Å². The number of carbonyl (C=O) groups is 1. The van der Waals surface area contributed by atoms with Crippen molar-refractivity contribution in [3.63, 3.8) is 0 Å². The summed E-state index contributed by atoms with van der Waals surface area (Å²) in [5.74, 6) is 1.24. The van der Waals surface area contributed by atoms with Crippen molar-refractivity contribution >= 4 is 23.4 Å². The van der Waals surface area contributed by atoms with Gasteiger partial charge in [-0.3, -0.25) is 4.79 Å². The van der Waals surface area contributed by atoms with Crippen molar-refractivity contribution < 1.29 is 9.90 Å². The van der Waals surface area contributed by atoms with Gasteiger partial charge in [0.25, 0.3) is 0 Å². The second kappa shape index (κ2) is 8.24. The molecular formula is C17H18N2O2S. The van der Waals surface area contributed by atoms with Crippen LogP contribution in [0.15, 0.2) is 59.7 Å². The molecule has 0 aliphatic heterocycles. The summed E-state index contributed by atoms with van der Waals surface area (Å²) >= 11 is 1.55. The van der Waals surface area contributed by atoms with E-state index < -0.39 is 0 Å². The van der Waals surface area contributed by atoms with Crippen LogP contribution in [-0.2, 0) is 10.5 Å². The summed E-state index contributed by atoms with van der Waals surface area (Å²) in [6, 6.07) is 16.7. The summed E-state index contributed by atoms with van der Waals surface area (Å²) in [6.07, 6.45) is 0. The molecule has 0 radical (unpaired) electrons. The maximum Gasteiger partial charge on any atom is 0.250 e. The van der Waals surface area contributed by atoms with Gasteiger partial charge in [-0.05, 0) is 42.3 Å². The number of aromatic hydroxyl groups is 1. The number of amides is 1. The van der Waals surface area contributed by atoms with Crippen LogP contribution in [0.2, 0.25) is 0 Å². The fraction of sp³-hybridized carbons (Fsp3) is 0.176. The second-order valence-corrected chi connectivity index (χ2v) is 5.74. The smallest absolute Gasteiger partial charge is 0.250 e. The molecular weight excluding hydrogens is 296 g/mol. The average molecular weight is 314 g/mol. The summed E-state index contributed by atoms with van der Waals surface area (Å²) < 4.78 is 0. The van der Waals surface area contributed by atoms with Gasteiger partial charge in [-0.15, -0.1) is 11.8 Å². The van der Waals surface area contributed by atoms with Crippen LogP contribution in [0.3, 0.4) is 0 Å². The number of hydrazone groups is 1. The van der Waals surface area contributed by atoms with Crippen LogP contribution in [0.25, 0.3) is 0 Å². The van der Waals surface area contributed by atoms with E-state index in [2.05, 4.69) is 10.5 Å². The summed E-state index contributed by atoms with van der Waals surface area (Å²) in [4.78, 5) is 11.7. The van der Waals surface area contributed by atoms with E-state index in [0.29, 0.717) is 11.5 Å². The zero-order valence-electron chi connectivity index (χ0n) is 12.3. The molecule has 0 heterocycles. The lowest BCUT2D eigenvalue weighted by molar-refractivity contribution is -0.118. The Kier molecular flexibility index (Phi) is 6.03. The van der Waals surface area contributed by atoms with Crippen LogP contribution in [0, 0.1) is 0 Å². The van der Waals surface area contributed by atoms with Gasteiger partial charge in [-0.25, -0.2) is 5.43 Å². The molecule has 0 aliphatic carbocycles. The predicted octanol–water partition coefficient (Wildman–Crippen LogP) is 3.17. The molecule has 0 aromatic heterocycles. The van der Waals surface area contributed by atoms with Crippen molar-refractivity contribution in [1.82, 2.24) is 5.43 Å². The lowest BCUT2D eigenvalue weighted by Gasteiger charge is -2.04. The van der Waals surface area contributed by atoms with Crippen molar-refractivity contribution in [3.8, 4) is 5.75 Å². The van der Waals surface area contributed by atoms with Crippen molar-refractivity contribution in [2.24, 2.45) is 5.10 Å². The molecule has 1 amide bonds. The van der Waals surface area contributed by atoms with Gasteiger partial charge in [0.1, 0.15) is 5.75 Å². The first-order valence-electron chi connectivity index (χ1n) is 6.89. The summed E-state index contributed by atoms with van der Waals surface area (Å²) in [7, 11) is 0. The predicted molar refractivity (Wildman–Crippen MR) is 91.1 cm³/mol. The van der Waals surface area contributed by atoms with Crippen LogP contribution < -0.4 is 5.43 Å². The third-order valence-corrected chi connectivity index (χ3v) is 3.98. The van der Waals surface area contributed by atoms with E-state index in [1.54, 1.807) is 36.0 Å². The number of benzene rings is 2. The summed E-state index contributed by atoms with van der Waals surface area (Å²) in [5, 5.41) is 13.3. The van der Waals surface area contributed by atoms with Crippen LogP contribution in [0.1, 0.15) is 18.1 Å². The Morgan fingerprint density at radius 2 is 1.82 bits per heavy atom. The Balaban J connectivity index is 1.77. The zero-order chi connectivity index (χ0) is 15.8. The van der Waals surface area contributed by atoms with Crippen LogP contribution >= 0.6 is 11.8 Å². The molecule has 22 heavy (non-hydrogen) atoms. The highest BCUT2D eigenvalue weighted by Crippen LogP contribution is 2.12. The molecule has 114 valence electrons. The van der Waals surface area contributed by atoms with Crippen molar-refractivity contribution in [3.05, 3.63) is 65.7 Å². The van der Waals surface area contributed by atoms with Crippen LogP contribution in [0.4, 0.5) is 0 Å². The van der Waals surface area contributed by atoms with E-state index in [4.69, 9.17) is 0 Å². The maximum atomic E-state index is 11.7. The summed E-state index contributed by atoms with van der Waals surface area (Å²) in [6.45, 7) is 1.81. The molecule has 5 heteroatoms. The second-order valence-electron chi connectivity index (χ2n) is 4.76. The van der Waals surface area contributed by atoms with Gasteiger partial charge < -0.3 is 5.11 Å². The van der Waals surface area contributed by atoms with E-state index in [9.17, 15) is 9.90 Å². The number of carbonyl (C=O) groups excluding carboxylic acids is 1. The van der Waals surface area contributed by atoms with E-state index in [0.717, 1.165) is 11.3 Å². The molecule has 0 bridgehead atoms. The van der Waals surface area contributed by atoms with Crippen molar-refractivity contribution in [2.45, 2.75) is 12.7 Å². The number of phenols is 1. The van der Waals surface area contributed by atoms with Crippen molar-refractivity contribution in [1.29, 1.82) is 0 Å². The van der Waals surface area contributed by atoms with Gasteiger partial charge >= 0.3 is 0 Å². The average Bonchev–Trinajstić information content (AvgIpc) is 2.54. The molecule has 2 rings (SSSR count). The molecule has 2 N–H and O–H groups in total. The van der Waals surface area contributed by atoms with Crippen LogP contribution in [0.5, 0.6) is 5.75 Å². The molecule has 2 aromatic rings. The minimum absolute atomic E-state index is 0.126. The van der Waals surface area contributed by atoms with Gasteiger partial charge in [0.2, 0.25) is 5.91 Å². The lowest BCUT2D eigenvalue weighted by Crippen LogP contribution is -2.21. The van der Waals surface area contributed by atoms with E-state index in [-0.39, 0.29) is 11.7 Å². The van der Waals surface area contributed by atoms with E-state index in [1.807, 2.05) is 37.3 Å². The fourth-order valence-electron chi connectivity index (χ4n) is 1.78. The number of nitrogens with one attached hydrogen (secondary N) is 1. The number of hydrogen-bond donors (Lipinski definition) is 2. The number of rotatable bonds is 6. The van der Waals surface area contributed by atoms with E-state index >= 15 is 0 Å². The van der Waals surface area contributed by atoms with Gasteiger partial charge in [-0.2, -0.15) is 5.10 Å². The Morgan fingerprint density at radius 3 is 2.50 bits per heavy atom. The third kappa shape index (κ3) is 5.26. The molecule has 0 saturated carbocycles. The minimum Gasteiger partial charge on any atom is -0.508 e. The number of nitrogens with zero attached hydrogens (tertiary/aromatic N) is 1. The van der Waals surface area contributed by atoms with Gasteiger partial charge in [0, 0.05) is 5.75 Å². The quantitative estimate of drug-likeness (QED) is 0.636. The number of thioether (sulfide) groups is 1. The van der Waals surface area contributed by atoms with Gasteiger partial charge in [0.15, 0.2) is 0 Å².